The normalized spacial score (nSPS) is 36.0. The average molecular weight is 287 g/mol. The maximum absolute atomic E-state index is 11.8. The summed E-state index contributed by atoms with van der Waals surface area (Å²) < 4.78 is 0. The molecule has 0 bridgehead atoms. The number of allylic oxidation sites excluding steroid dienone is 1. The fourth-order valence-electron chi connectivity index (χ4n) is 3.63. The molecule has 0 saturated heterocycles. The van der Waals surface area contributed by atoms with Crippen molar-refractivity contribution in [1.29, 1.82) is 0 Å². The first-order chi connectivity index (χ1) is 8.80. The van der Waals surface area contributed by atoms with Crippen molar-refractivity contribution >= 4 is 23.5 Å². The van der Waals surface area contributed by atoms with E-state index >= 15 is 0 Å². The van der Waals surface area contributed by atoms with Crippen LogP contribution in [-0.4, -0.2) is 22.2 Å². The molecule has 0 heterocycles. The molecule has 0 aliphatic heterocycles. The Morgan fingerprint density at radius 2 is 1.84 bits per heavy atom. The molecule has 5 heteroatoms. The van der Waals surface area contributed by atoms with Crippen molar-refractivity contribution in [2.45, 2.75) is 45.4 Å². The quantitative estimate of drug-likeness (QED) is 0.835. The monoisotopic (exact) mass is 286 g/mol. The molecule has 0 aromatic rings. The molecule has 0 spiro atoms. The number of aliphatic carboxylic acids is 2. The van der Waals surface area contributed by atoms with Gasteiger partial charge in [0, 0.05) is 5.03 Å². The minimum atomic E-state index is -1.11. The molecule has 2 aliphatic carbocycles. The predicted octanol–water partition coefficient (Wildman–Crippen LogP) is 3.26. The van der Waals surface area contributed by atoms with Crippen molar-refractivity contribution in [2.24, 2.45) is 16.7 Å². The van der Waals surface area contributed by atoms with E-state index in [0.29, 0.717) is 5.03 Å². The van der Waals surface area contributed by atoms with Gasteiger partial charge in [0.05, 0.1) is 10.8 Å². The summed E-state index contributed by atoms with van der Waals surface area (Å²) in [7, 11) is 0. The van der Waals surface area contributed by atoms with Crippen molar-refractivity contribution in [2.75, 3.05) is 0 Å². The first kappa shape index (κ1) is 14.4. The standard InChI is InChI=1S/C14H19ClO4/c1-13(11(16)17)6-10(15)7-14(8-13,12(18)19)9-4-2-3-5-9/h7,9H,2-6,8H2,1H3,(H,16,17)(H,18,19). The number of hydrogen-bond acceptors (Lipinski definition) is 2. The van der Waals surface area contributed by atoms with Gasteiger partial charge < -0.3 is 10.2 Å². The molecule has 2 N–H and O–H groups in total. The summed E-state index contributed by atoms with van der Waals surface area (Å²) in [6.45, 7) is 1.59. The Hall–Kier alpha value is -1.03. The van der Waals surface area contributed by atoms with Crippen LogP contribution < -0.4 is 0 Å². The van der Waals surface area contributed by atoms with Crippen molar-refractivity contribution in [3.05, 3.63) is 11.1 Å². The highest BCUT2D eigenvalue weighted by Crippen LogP contribution is 2.54. The first-order valence-corrected chi connectivity index (χ1v) is 7.02. The number of carboxylic acids is 2. The van der Waals surface area contributed by atoms with Crippen LogP contribution in [0.3, 0.4) is 0 Å². The van der Waals surface area contributed by atoms with Gasteiger partial charge in [0.25, 0.3) is 0 Å². The molecule has 0 aromatic heterocycles. The molecule has 1 saturated carbocycles. The summed E-state index contributed by atoms with van der Waals surface area (Å²) in [5.41, 5.74) is -2.20. The van der Waals surface area contributed by atoms with E-state index in [1.807, 2.05) is 0 Å². The van der Waals surface area contributed by atoms with Gasteiger partial charge in [-0.05, 0) is 38.5 Å². The Morgan fingerprint density at radius 1 is 1.26 bits per heavy atom. The lowest BCUT2D eigenvalue weighted by Crippen LogP contribution is -2.46. The maximum atomic E-state index is 11.8. The third-order valence-electron chi connectivity index (χ3n) is 4.65. The van der Waals surface area contributed by atoms with Gasteiger partial charge in [-0.3, -0.25) is 9.59 Å². The van der Waals surface area contributed by atoms with Gasteiger partial charge in [-0.25, -0.2) is 0 Å². The van der Waals surface area contributed by atoms with Gasteiger partial charge in [0.1, 0.15) is 0 Å². The highest BCUT2D eigenvalue weighted by atomic mass is 35.5. The molecule has 2 unspecified atom stereocenters. The molecule has 2 atom stereocenters. The van der Waals surface area contributed by atoms with Crippen LogP contribution in [0, 0.1) is 16.7 Å². The van der Waals surface area contributed by atoms with Gasteiger partial charge in [0.2, 0.25) is 0 Å². The van der Waals surface area contributed by atoms with Crippen LogP contribution >= 0.6 is 11.6 Å². The molecule has 0 amide bonds. The minimum absolute atomic E-state index is 0.00211. The van der Waals surface area contributed by atoms with E-state index < -0.39 is 22.8 Å². The molecule has 2 aliphatic rings. The zero-order valence-corrected chi connectivity index (χ0v) is 11.7. The van der Waals surface area contributed by atoms with Crippen molar-refractivity contribution < 1.29 is 19.8 Å². The molecular formula is C14H19ClO4. The topological polar surface area (TPSA) is 74.6 Å². The van der Waals surface area contributed by atoms with Crippen LogP contribution in [-0.2, 0) is 9.59 Å². The number of rotatable bonds is 3. The van der Waals surface area contributed by atoms with Crippen molar-refractivity contribution in [3.8, 4) is 0 Å². The first-order valence-electron chi connectivity index (χ1n) is 6.64. The summed E-state index contributed by atoms with van der Waals surface area (Å²) >= 11 is 6.09. The Balaban J connectivity index is 2.45. The van der Waals surface area contributed by atoms with Gasteiger partial charge in [-0.15, -0.1) is 0 Å². The zero-order valence-electron chi connectivity index (χ0n) is 11.0. The van der Waals surface area contributed by atoms with Crippen LogP contribution in [0.25, 0.3) is 0 Å². The number of carboxylic acid groups (broad SMARTS) is 2. The van der Waals surface area contributed by atoms with Gasteiger partial charge >= 0.3 is 11.9 Å². The molecule has 0 radical (unpaired) electrons. The number of carbonyl (C=O) groups is 2. The highest BCUT2D eigenvalue weighted by Gasteiger charge is 2.54. The predicted molar refractivity (Wildman–Crippen MR) is 70.9 cm³/mol. The van der Waals surface area contributed by atoms with Gasteiger partial charge in [-0.1, -0.05) is 30.5 Å². The smallest absolute Gasteiger partial charge is 0.313 e. The van der Waals surface area contributed by atoms with Crippen LogP contribution in [0.2, 0.25) is 0 Å². The second-order valence-electron chi connectivity index (χ2n) is 6.14. The third kappa shape index (κ3) is 2.38. The molecule has 2 rings (SSSR count). The Morgan fingerprint density at radius 3 is 2.32 bits per heavy atom. The Bertz CT molecular complexity index is 439. The van der Waals surface area contributed by atoms with E-state index in [1.54, 1.807) is 13.0 Å². The van der Waals surface area contributed by atoms with Crippen LogP contribution in [0.4, 0.5) is 0 Å². The van der Waals surface area contributed by atoms with Crippen LogP contribution in [0.15, 0.2) is 11.1 Å². The minimum Gasteiger partial charge on any atom is -0.481 e. The summed E-state index contributed by atoms with van der Waals surface area (Å²) in [5, 5.41) is 19.4. The van der Waals surface area contributed by atoms with E-state index in [0.717, 1.165) is 25.7 Å². The van der Waals surface area contributed by atoms with Crippen molar-refractivity contribution in [3.63, 3.8) is 0 Å². The van der Waals surface area contributed by atoms with E-state index in [2.05, 4.69) is 0 Å². The average Bonchev–Trinajstić information content (AvgIpc) is 2.80. The van der Waals surface area contributed by atoms with Crippen molar-refractivity contribution in [1.82, 2.24) is 0 Å². The van der Waals surface area contributed by atoms with E-state index in [4.69, 9.17) is 11.6 Å². The van der Waals surface area contributed by atoms with Crippen LogP contribution in [0.1, 0.15) is 45.4 Å². The summed E-state index contributed by atoms with van der Waals surface area (Å²) in [5.74, 6) is -1.91. The summed E-state index contributed by atoms with van der Waals surface area (Å²) in [6, 6.07) is 0. The van der Waals surface area contributed by atoms with Crippen LogP contribution in [0.5, 0.6) is 0 Å². The lowest BCUT2D eigenvalue weighted by Gasteiger charge is -2.42. The maximum Gasteiger partial charge on any atom is 0.313 e. The lowest BCUT2D eigenvalue weighted by atomic mass is 9.60. The molecule has 106 valence electrons. The third-order valence-corrected chi connectivity index (χ3v) is 4.90. The summed E-state index contributed by atoms with van der Waals surface area (Å²) in [4.78, 5) is 23.3. The fraction of sp³-hybridized carbons (Fsp3) is 0.714. The highest BCUT2D eigenvalue weighted by molar-refractivity contribution is 6.30. The zero-order chi connectivity index (χ0) is 14.3. The molecule has 4 nitrogen and oxygen atoms in total. The van der Waals surface area contributed by atoms with Gasteiger partial charge in [0.15, 0.2) is 0 Å². The van der Waals surface area contributed by atoms with E-state index in [-0.39, 0.29) is 18.8 Å². The molecule has 19 heavy (non-hydrogen) atoms. The largest absolute Gasteiger partial charge is 0.481 e. The number of hydrogen-bond donors (Lipinski definition) is 2. The Labute approximate surface area is 117 Å². The summed E-state index contributed by atoms with van der Waals surface area (Å²) in [6.07, 6.45) is 5.64. The molecule has 1 fully saturated rings. The Kier molecular flexibility index (Phi) is 3.65. The lowest BCUT2D eigenvalue weighted by molar-refractivity contribution is -0.158. The molecular weight excluding hydrogens is 268 g/mol. The van der Waals surface area contributed by atoms with Gasteiger partial charge in [-0.2, -0.15) is 0 Å². The number of halogens is 1. The SMILES string of the molecule is CC1(C(=O)O)CC(Cl)=CC(C(=O)O)(C2CCCC2)C1. The fourth-order valence-corrected chi connectivity index (χ4v) is 4.12. The van der Waals surface area contributed by atoms with E-state index in [1.165, 1.54) is 0 Å². The second-order valence-corrected chi connectivity index (χ2v) is 6.62. The van der Waals surface area contributed by atoms with E-state index in [9.17, 15) is 19.8 Å². The second kappa shape index (κ2) is 4.82. The molecule has 0 aromatic carbocycles.